The van der Waals surface area contributed by atoms with Crippen LogP contribution in [0.5, 0.6) is 0 Å². The second kappa shape index (κ2) is 8.44. The minimum atomic E-state index is -4.88. The van der Waals surface area contributed by atoms with E-state index in [2.05, 4.69) is 26.8 Å². The van der Waals surface area contributed by atoms with Gasteiger partial charge in [-0.25, -0.2) is 24.4 Å². The summed E-state index contributed by atoms with van der Waals surface area (Å²) in [7, 11) is -4.68. The summed E-state index contributed by atoms with van der Waals surface area (Å²) in [6.45, 7) is 2.94. The second-order valence-electron chi connectivity index (χ2n) is 8.15. The van der Waals surface area contributed by atoms with Crippen molar-refractivity contribution >= 4 is 15.7 Å². The maximum absolute atomic E-state index is 13.7. The van der Waals surface area contributed by atoms with E-state index in [1.165, 1.54) is 6.07 Å². The molecular formula is C17H27F3N8O2S. The van der Waals surface area contributed by atoms with Gasteiger partial charge in [0.25, 0.3) is 0 Å². The molecule has 1 aromatic rings. The third kappa shape index (κ3) is 4.66. The first-order valence-corrected chi connectivity index (χ1v) is 11.6. The van der Waals surface area contributed by atoms with Crippen molar-refractivity contribution in [1.82, 2.24) is 26.8 Å². The van der Waals surface area contributed by atoms with Crippen LogP contribution in [0.1, 0.15) is 36.6 Å². The number of benzene rings is 1. The third-order valence-corrected chi connectivity index (χ3v) is 7.13. The molecule has 31 heavy (non-hydrogen) atoms. The van der Waals surface area contributed by atoms with Crippen LogP contribution >= 0.6 is 0 Å². The van der Waals surface area contributed by atoms with Gasteiger partial charge in [0.1, 0.15) is 11.1 Å². The molecule has 3 saturated heterocycles. The first-order chi connectivity index (χ1) is 14.6. The molecule has 14 heteroatoms. The van der Waals surface area contributed by atoms with Crippen molar-refractivity contribution in [3.8, 4) is 0 Å². The van der Waals surface area contributed by atoms with Gasteiger partial charge < -0.3 is 10.6 Å². The van der Waals surface area contributed by atoms with Gasteiger partial charge in [0.15, 0.2) is 0 Å². The van der Waals surface area contributed by atoms with Gasteiger partial charge in [0.2, 0.25) is 10.0 Å². The minimum absolute atomic E-state index is 0.0727. The molecule has 3 aliphatic rings. The van der Waals surface area contributed by atoms with E-state index in [1.807, 2.05) is 4.90 Å². The number of primary sulfonamides is 1. The van der Waals surface area contributed by atoms with E-state index >= 15 is 0 Å². The molecule has 4 rings (SSSR count). The lowest BCUT2D eigenvalue weighted by molar-refractivity contribution is -0.140. The molecular weight excluding hydrogens is 437 g/mol. The first-order valence-electron chi connectivity index (χ1n) is 10.1. The Balaban J connectivity index is 1.69. The summed E-state index contributed by atoms with van der Waals surface area (Å²) in [4.78, 5) is 3.35. The molecule has 8 N–H and O–H groups in total. The Kier molecular flexibility index (Phi) is 6.17. The fraction of sp³-hybridized carbons (Fsp3) is 0.647. The highest BCUT2D eigenvalue weighted by Crippen LogP contribution is 2.41. The highest BCUT2D eigenvalue weighted by Gasteiger charge is 2.41. The summed E-state index contributed by atoms with van der Waals surface area (Å²) >= 11 is 0. The first kappa shape index (κ1) is 22.7. The van der Waals surface area contributed by atoms with Gasteiger partial charge in [-0.05, 0) is 31.4 Å². The lowest BCUT2D eigenvalue weighted by Crippen LogP contribution is -2.45. The van der Waals surface area contributed by atoms with E-state index < -0.39 is 32.8 Å². The zero-order valence-corrected chi connectivity index (χ0v) is 17.6. The van der Waals surface area contributed by atoms with Crippen LogP contribution in [0.2, 0.25) is 0 Å². The number of nitrogens with two attached hydrogens (primary N) is 2. The number of sulfonamides is 1. The Labute approximate surface area is 178 Å². The maximum Gasteiger partial charge on any atom is 0.417 e. The molecule has 1 unspecified atom stereocenters. The molecule has 3 aliphatic heterocycles. The van der Waals surface area contributed by atoms with Gasteiger partial charge >= 0.3 is 6.18 Å². The SMILES string of the molecule is NC1CCN(C2CCN(c3ccc(C(F)(F)F)c(S(N)(=O)=O)c3C3NNNN3)CC2)C1. The predicted molar refractivity (Wildman–Crippen MR) is 108 cm³/mol. The van der Waals surface area contributed by atoms with Gasteiger partial charge in [-0.2, -0.15) is 24.2 Å². The molecule has 0 amide bonds. The van der Waals surface area contributed by atoms with Crippen molar-refractivity contribution in [3.63, 3.8) is 0 Å². The van der Waals surface area contributed by atoms with Crippen LogP contribution in [-0.2, 0) is 16.2 Å². The number of alkyl halides is 3. The van der Waals surface area contributed by atoms with E-state index in [0.717, 1.165) is 38.4 Å². The van der Waals surface area contributed by atoms with Crippen molar-refractivity contribution in [2.75, 3.05) is 31.1 Å². The van der Waals surface area contributed by atoms with E-state index in [9.17, 15) is 21.6 Å². The summed E-state index contributed by atoms with van der Waals surface area (Å²) in [5.41, 5.74) is 15.5. The van der Waals surface area contributed by atoms with Crippen LogP contribution in [0, 0.1) is 0 Å². The molecule has 0 bridgehead atoms. The number of hydrogen-bond acceptors (Lipinski definition) is 9. The second-order valence-corrected chi connectivity index (χ2v) is 9.65. The molecule has 0 saturated carbocycles. The average Bonchev–Trinajstić information content (AvgIpc) is 3.37. The predicted octanol–water partition coefficient (Wildman–Crippen LogP) is -0.530. The number of halogens is 3. The molecule has 0 aliphatic carbocycles. The molecule has 0 radical (unpaired) electrons. The Bertz CT molecular complexity index is 915. The van der Waals surface area contributed by atoms with Crippen LogP contribution in [0.25, 0.3) is 0 Å². The van der Waals surface area contributed by atoms with Crippen LogP contribution < -0.4 is 37.7 Å². The van der Waals surface area contributed by atoms with Crippen LogP contribution in [0.4, 0.5) is 18.9 Å². The maximum atomic E-state index is 13.7. The summed E-state index contributed by atoms with van der Waals surface area (Å²) in [5, 5.41) is 5.28. The van der Waals surface area contributed by atoms with E-state index in [0.29, 0.717) is 24.8 Å². The summed E-state index contributed by atoms with van der Waals surface area (Å²) in [6, 6.07) is 2.64. The van der Waals surface area contributed by atoms with Crippen molar-refractivity contribution in [2.45, 2.75) is 48.6 Å². The topological polar surface area (TPSA) is 141 Å². The largest absolute Gasteiger partial charge is 0.417 e. The summed E-state index contributed by atoms with van der Waals surface area (Å²) < 4.78 is 65.6. The quantitative estimate of drug-likeness (QED) is 0.347. The Morgan fingerprint density at radius 3 is 2.19 bits per heavy atom. The highest BCUT2D eigenvalue weighted by atomic mass is 32.2. The highest BCUT2D eigenvalue weighted by molar-refractivity contribution is 7.89. The Morgan fingerprint density at radius 1 is 1.03 bits per heavy atom. The lowest BCUT2D eigenvalue weighted by atomic mass is 9.99. The number of hydrazine groups is 3. The number of rotatable bonds is 4. The standard InChI is InChI=1S/C17H27F3N8O2S/c18-17(19,20)12-1-2-13(14(15(12)31(22,29)30)16-23-25-26-24-16)27-7-4-11(5-8-27)28-6-3-10(21)9-28/h1-2,10-11,16,23-26H,3-9,21H2,(H2,22,29,30). The normalized spacial score (nSPS) is 24.9. The molecule has 3 fully saturated rings. The molecule has 1 atom stereocenters. The zero-order valence-electron chi connectivity index (χ0n) is 16.7. The number of likely N-dealkylation sites (tertiary alicyclic amines) is 1. The molecule has 3 heterocycles. The Morgan fingerprint density at radius 2 is 1.68 bits per heavy atom. The molecule has 10 nitrogen and oxygen atoms in total. The molecule has 0 spiro atoms. The minimum Gasteiger partial charge on any atom is -0.371 e. The number of nitrogens with one attached hydrogen (secondary N) is 4. The third-order valence-electron chi connectivity index (χ3n) is 6.12. The van der Waals surface area contributed by atoms with Gasteiger partial charge in [0.05, 0.1) is 5.56 Å². The van der Waals surface area contributed by atoms with E-state index in [4.69, 9.17) is 10.9 Å². The Hall–Kier alpha value is -1.52. The van der Waals surface area contributed by atoms with Gasteiger partial charge in [-0.1, -0.05) is 0 Å². The van der Waals surface area contributed by atoms with Gasteiger partial charge in [-0.3, -0.25) is 4.90 Å². The van der Waals surface area contributed by atoms with Crippen molar-refractivity contribution in [1.29, 1.82) is 0 Å². The van der Waals surface area contributed by atoms with Crippen LogP contribution in [0.15, 0.2) is 17.0 Å². The van der Waals surface area contributed by atoms with Gasteiger partial charge in [0, 0.05) is 49.5 Å². The number of nitrogens with zero attached hydrogens (tertiary/aromatic N) is 2. The molecule has 174 valence electrons. The van der Waals surface area contributed by atoms with Crippen LogP contribution in [0.3, 0.4) is 0 Å². The smallest absolute Gasteiger partial charge is 0.371 e. The molecule has 1 aromatic carbocycles. The average molecular weight is 465 g/mol. The van der Waals surface area contributed by atoms with Crippen molar-refractivity contribution < 1.29 is 21.6 Å². The number of hydrogen-bond donors (Lipinski definition) is 6. The van der Waals surface area contributed by atoms with Gasteiger partial charge in [-0.15, -0.1) is 0 Å². The zero-order chi connectivity index (χ0) is 22.4. The number of piperidine rings is 1. The summed E-state index contributed by atoms with van der Waals surface area (Å²) in [6.07, 6.45) is -3.25. The van der Waals surface area contributed by atoms with Crippen LogP contribution in [-0.4, -0.2) is 51.6 Å². The fourth-order valence-electron chi connectivity index (χ4n) is 4.69. The monoisotopic (exact) mass is 464 g/mol. The summed E-state index contributed by atoms with van der Waals surface area (Å²) in [5.74, 6) is 0. The van der Waals surface area contributed by atoms with Crippen molar-refractivity contribution in [3.05, 3.63) is 23.3 Å². The lowest BCUT2D eigenvalue weighted by Gasteiger charge is -2.39. The van der Waals surface area contributed by atoms with E-state index in [1.54, 1.807) is 0 Å². The fourth-order valence-corrected chi connectivity index (χ4v) is 5.71. The number of anilines is 1. The van der Waals surface area contributed by atoms with Crippen molar-refractivity contribution in [2.24, 2.45) is 10.9 Å². The van der Waals surface area contributed by atoms with E-state index in [-0.39, 0.29) is 11.6 Å². The molecule has 0 aromatic heterocycles.